The maximum Gasteiger partial charge on any atom is 0.433 e. The van der Waals surface area contributed by atoms with Crippen molar-refractivity contribution < 1.29 is 36.8 Å². The number of carbonyl (C=O) groups is 1. The molecule has 0 spiro atoms. The lowest BCUT2D eigenvalue weighted by Crippen LogP contribution is -2.45. The highest BCUT2D eigenvalue weighted by Crippen LogP contribution is 2.37. The Morgan fingerprint density at radius 2 is 1.92 bits per heavy atom. The Morgan fingerprint density at radius 3 is 2.54 bits per heavy atom. The molecule has 37 heavy (non-hydrogen) atoms. The molecular weight excluding hydrogens is 510 g/mol. The number of nitrogens with two attached hydrogens (primary N) is 1. The second kappa shape index (κ2) is 10.5. The molecular formula is C21H17F4N5O7. The van der Waals surface area contributed by atoms with E-state index in [0.717, 1.165) is 0 Å². The minimum Gasteiger partial charge on any atom is -0.475 e. The molecule has 0 fully saturated rings. The van der Waals surface area contributed by atoms with Gasteiger partial charge in [-0.05, 0) is 25.5 Å². The molecule has 0 bridgehead atoms. The number of benzene rings is 1. The number of halogens is 4. The summed E-state index contributed by atoms with van der Waals surface area (Å²) < 4.78 is 64.5. The molecule has 196 valence electrons. The van der Waals surface area contributed by atoms with Gasteiger partial charge < -0.3 is 20.1 Å². The van der Waals surface area contributed by atoms with Crippen LogP contribution in [0, 0.1) is 15.9 Å². The number of rotatable bonds is 9. The van der Waals surface area contributed by atoms with E-state index >= 15 is 0 Å². The van der Waals surface area contributed by atoms with Gasteiger partial charge in [-0.1, -0.05) is 0 Å². The quantitative estimate of drug-likeness (QED) is 0.145. The van der Waals surface area contributed by atoms with Crippen molar-refractivity contribution in [2.75, 3.05) is 12.4 Å². The highest BCUT2D eigenvalue weighted by atomic mass is 19.4. The summed E-state index contributed by atoms with van der Waals surface area (Å²) in [4.78, 5) is 50.3. The zero-order valence-corrected chi connectivity index (χ0v) is 18.8. The van der Waals surface area contributed by atoms with Crippen molar-refractivity contribution in [2.24, 2.45) is 0 Å². The summed E-state index contributed by atoms with van der Waals surface area (Å²) in [6, 6.07) is 3.53. The predicted octanol–water partition coefficient (Wildman–Crippen LogP) is 2.71. The Kier molecular flexibility index (Phi) is 7.59. The molecule has 2 aromatic heterocycles. The van der Waals surface area contributed by atoms with E-state index in [1.54, 1.807) is 0 Å². The van der Waals surface area contributed by atoms with Gasteiger partial charge in [0.1, 0.15) is 5.78 Å². The molecule has 2 heterocycles. The van der Waals surface area contributed by atoms with Crippen molar-refractivity contribution in [3.63, 3.8) is 0 Å². The first-order valence-corrected chi connectivity index (χ1v) is 10.3. The van der Waals surface area contributed by atoms with Crippen LogP contribution in [-0.2, 0) is 11.0 Å². The first-order chi connectivity index (χ1) is 17.3. The van der Waals surface area contributed by atoms with Crippen LogP contribution in [0.4, 0.5) is 23.2 Å². The lowest BCUT2D eigenvalue weighted by molar-refractivity contribution is -0.385. The van der Waals surface area contributed by atoms with Crippen LogP contribution in [0.3, 0.4) is 0 Å². The van der Waals surface area contributed by atoms with Gasteiger partial charge in [-0.3, -0.25) is 14.9 Å². The maximum atomic E-state index is 14.8. The van der Waals surface area contributed by atoms with Crippen molar-refractivity contribution in [3.05, 3.63) is 79.0 Å². The van der Waals surface area contributed by atoms with E-state index in [9.17, 15) is 42.1 Å². The van der Waals surface area contributed by atoms with Gasteiger partial charge in [-0.2, -0.15) is 13.2 Å². The van der Waals surface area contributed by atoms with Gasteiger partial charge in [0.2, 0.25) is 5.75 Å². The highest BCUT2D eigenvalue weighted by molar-refractivity contribution is 5.75. The Balaban J connectivity index is 2.10. The Morgan fingerprint density at radius 1 is 1.22 bits per heavy atom. The Hall–Kier alpha value is -4.76. The van der Waals surface area contributed by atoms with Gasteiger partial charge in [-0.15, -0.1) is 0 Å². The van der Waals surface area contributed by atoms with Crippen LogP contribution in [0.1, 0.15) is 25.5 Å². The molecule has 0 saturated carbocycles. The largest absolute Gasteiger partial charge is 0.475 e. The van der Waals surface area contributed by atoms with E-state index < -0.39 is 55.7 Å². The molecule has 0 saturated heterocycles. The molecule has 0 amide bonds. The third-order valence-electron chi connectivity index (χ3n) is 4.76. The molecule has 0 aliphatic rings. The summed E-state index contributed by atoms with van der Waals surface area (Å²) in [6.45, 7) is 1.42. The molecule has 1 aromatic carbocycles. The molecule has 3 rings (SSSR count). The van der Waals surface area contributed by atoms with E-state index in [2.05, 4.69) is 4.98 Å². The normalized spacial score (nSPS) is 11.3. The molecule has 0 aliphatic carbocycles. The van der Waals surface area contributed by atoms with Crippen LogP contribution >= 0.6 is 0 Å². The summed E-state index contributed by atoms with van der Waals surface area (Å²) in [5.41, 5.74) is -7.07. The maximum absolute atomic E-state index is 14.8. The summed E-state index contributed by atoms with van der Waals surface area (Å²) in [5.74, 6) is 2.57. The van der Waals surface area contributed by atoms with Crippen molar-refractivity contribution in [1.29, 1.82) is 0 Å². The lowest BCUT2D eigenvalue weighted by Gasteiger charge is -2.15. The number of aromatic nitrogens is 3. The Bertz CT molecular complexity index is 1480. The number of hydrogen-bond acceptors (Lipinski definition) is 9. The SMILES string of the molecule is CC(=O)CCCOc1ncccc1Oc1cc(-n2c(=O)cc(C(F)(F)F)n(N)c2=O)c(F)cc1[N+](=O)[O-]. The van der Waals surface area contributed by atoms with Gasteiger partial charge in [0.25, 0.3) is 11.4 Å². The Labute approximate surface area is 203 Å². The van der Waals surface area contributed by atoms with Gasteiger partial charge >= 0.3 is 17.6 Å². The number of nitrogens with zero attached hydrogens (tertiary/aromatic N) is 4. The number of ketones is 1. The van der Waals surface area contributed by atoms with Gasteiger partial charge in [0.15, 0.2) is 17.3 Å². The van der Waals surface area contributed by atoms with E-state index in [-0.39, 0.29) is 41.1 Å². The number of ether oxygens (including phenoxy) is 2. The van der Waals surface area contributed by atoms with Crippen LogP contribution in [0.2, 0.25) is 0 Å². The minimum atomic E-state index is -5.17. The topological polar surface area (TPSA) is 162 Å². The number of pyridine rings is 1. The summed E-state index contributed by atoms with van der Waals surface area (Å²) in [7, 11) is 0. The van der Waals surface area contributed by atoms with Crippen molar-refractivity contribution in [1.82, 2.24) is 14.2 Å². The number of Topliss-reactive ketones (excluding diaryl/α,β-unsaturated/α-hetero) is 1. The second-order valence-corrected chi connectivity index (χ2v) is 7.44. The molecule has 12 nitrogen and oxygen atoms in total. The molecule has 16 heteroatoms. The summed E-state index contributed by atoms with van der Waals surface area (Å²) in [6.07, 6.45) is -3.32. The van der Waals surface area contributed by atoms with Crippen LogP contribution < -0.4 is 26.6 Å². The number of carbonyl (C=O) groups excluding carboxylic acids is 1. The zero-order valence-electron chi connectivity index (χ0n) is 18.8. The monoisotopic (exact) mass is 527 g/mol. The van der Waals surface area contributed by atoms with Crippen LogP contribution in [0.25, 0.3) is 5.69 Å². The molecule has 0 atom stereocenters. The molecule has 0 radical (unpaired) electrons. The molecule has 2 N–H and O–H groups in total. The first-order valence-electron chi connectivity index (χ1n) is 10.3. The van der Waals surface area contributed by atoms with Crippen molar-refractivity contribution >= 4 is 11.5 Å². The average Bonchev–Trinajstić information content (AvgIpc) is 2.80. The van der Waals surface area contributed by atoms with E-state index in [1.165, 1.54) is 25.3 Å². The van der Waals surface area contributed by atoms with Crippen LogP contribution in [0.5, 0.6) is 17.4 Å². The predicted molar refractivity (Wildman–Crippen MR) is 118 cm³/mol. The fraction of sp³-hybridized carbons (Fsp3) is 0.238. The number of alkyl halides is 3. The van der Waals surface area contributed by atoms with Crippen LogP contribution in [-0.4, -0.2) is 31.5 Å². The summed E-state index contributed by atoms with van der Waals surface area (Å²) in [5, 5.41) is 11.5. The number of nitrogen functional groups attached to an aromatic ring is 1. The molecule has 0 unspecified atom stereocenters. The number of nitro benzene ring substituents is 1. The van der Waals surface area contributed by atoms with Gasteiger partial charge in [-0.25, -0.2) is 23.4 Å². The van der Waals surface area contributed by atoms with Gasteiger partial charge in [0.05, 0.1) is 23.3 Å². The highest BCUT2D eigenvalue weighted by Gasteiger charge is 2.36. The molecule has 0 aliphatic heterocycles. The third kappa shape index (κ3) is 5.91. The van der Waals surface area contributed by atoms with Crippen molar-refractivity contribution in [2.45, 2.75) is 25.9 Å². The average molecular weight is 527 g/mol. The second-order valence-electron chi connectivity index (χ2n) is 7.44. The lowest BCUT2D eigenvalue weighted by atomic mass is 10.2. The van der Waals surface area contributed by atoms with E-state index in [4.69, 9.17) is 15.3 Å². The zero-order chi connectivity index (χ0) is 27.5. The number of nitro groups is 1. The standard InChI is InChI=1S/C21H17F4N5O7/c1-11(31)4-3-7-36-19-15(5-2-6-27-19)37-16-9-13(12(22)8-14(16)30(34)35)28-18(32)10-17(21(23,24)25)29(26)20(28)33/h2,5-6,8-10H,3-4,7,26H2,1H3. The van der Waals surface area contributed by atoms with E-state index in [0.29, 0.717) is 18.6 Å². The summed E-state index contributed by atoms with van der Waals surface area (Å²) >= 11 is 0. The number of hydrogen-bond donors (Lipinski definition) is 1. The van der Waals surface area contributed by atoms with Crippen molar-refractivity contribution in [3.8, 4) is 23.1 Å². The fourth-order valence-electron chi connectivity index (χ4n) is 3.09. The van der Waals surface area contributed by atoms with Crippen LogP contribution in [0.15, 0.2) is 46.1 Å². The first kappa shape index (κ1) is 26.8. The minimum absolute atomic E-state index is 0.0285. The van der Waals surface area contributed by atoms with E-state index in [1.807, 2.05) is 0 Å². The third-order valence-corrected chi connectivity index (χ3v) is 4.76. The fourth-order valence-corrected chi connectivity index (χ4v) is 3.09. The molecule has 3 aromatic rings. The smallest absolute Gasteiger partial charge is 0.433 e. The van der Waals surface area contributed by atoms with Gasteiger partial charge in [0, 0.05) is 24.8 Å².